The zero-order valence-electron chi connectivity index (χ0n) is 22.3. The maximum atomic E-state index is 13.5. The molecule has 4 N–H and O–H groups in total. The predicted octanol–water partition coefficient (Wildman–Crippen LogP) is 2.39. The van der Waals surface area contributed by atoms with Crippen LogP contribution >= 0.6 is 0 Å². The fourth-order valence-electron chi connectivity index (χ4n) is 4.95. The van der Waals surface area contributed by atoms with Crippen molar-refractivity contribution in [1.82, 2.24) is 10.2 Å². The molecule has 1 atom stereocenters. The Kier molecular flexibility index (Phi) is 8.27. The summed E-state index contributed by atoms with van der Waals surface area (Å²) in [7, 11) is 0. The highest BCUT2D eigenvalue weighted by molar-refractivity contribution is 5.95. The highest BCUT2D eigenvalue weighted by Crippen LogP contribution is 2.35. The average molecular weight is 558 g/mol. The minimum absolute atomic E-state index is 0.0682. The molecule has 0 aliphatic carbocycles. The van der Waals surface area contributed by atoms with Gasteiger partial charge in [0.2, 0.25) is 18.2 Å². The average Bonchev–Trinajstić information content (AvgIpc) is 3.62. The summed E-state index contributed by atoms with van der Waals surface area (Å²) < 4.78 is 17.4. The lowest BCUT2D eigenvalue weighted by atomic mass is 10.1. The number of rotatable bonds is 10. The van der Waals surface area contributed by atoms with Gasteiger partial charge < -0.3 is 35.1 Å². The molecule has 3 amide bonds. The summed E-state index contributed by atoms with van der Waals surface area (Å²) in [5, 5.41) is 10.5. The largest absolute Gasteiger partial charge is 0.457 e. The van der Waals surface area contributed by atoms with E-state index < -0.39 is 17.7 Å². The first-order valence-electron chi connectivity index (χ1n) is 13.2. The molecule has 0 aromatic heterocycles. The van der Waals surface area contributed by atoms with Gasteiger partial charge in [0.15, 0.2) is 5.79 Å². The Morgan fingerprint density at radius 1 is 1.05 bits per heavy atom. The number of anilines is 1. The Hall–Kier alpha value is -4.74. The minimum atomic E-state index is -1.06. The van der Waals surface area contributed by atoms with Gasteiger partial charge in [0.05, 0.1) is 19.8 Å². The molecular formula is C30H31N5O6. The van der Waals surface area contributed by atoms with Crippen molar-refractivity contribution in [2.75, 3.05) is 31.2 Å². The SMILES string of the molecule is N=C(N)c1cccc(CNC(=O)[C@@H]2CC3(CN2C(=O)CN(C=O)c2ccc(Oc4ccccc4)cc2)OCCO3)c1. The molecule has 0 bridgehead atoms. The van der Waals surface area contributed by atoms with Crippen molar-refractivity contribution in [3.8, 4) is 11.5 Å². The van der Waals surface area contributed by atoms with E-state index in [0.29, 0.717) is 42.4 Å². The van der Waals surface area contributed by atoms with Crippen LogP contribution in [0.5, 0.6) is 11.5 Å². The molecule has 1 spiro atoms. The Bertz CT molecular complexity index is 1410. The molecule has 2 aliphatic rings. The maximum Gasteiger partial charge on any atom is 0.243 e. The van der Waals surface area contributed by atoms with Crippen LogP contribution in [0.25, 0.3) is 0 Å². The van der Waals surface area contributed by atoms with Crippen LogP contribution in [0.3, 0.4) is 0 Å². The first kappa shape index (κ1) is 27.8. The summed E-state index contributed by atoms with van der Waals surface area (Å²) in [5.41, 5.74) is 7.39. The van der Waals surface area contributed by atoms with Crippen molar-refractivity contribution >= 4 is 29.7 Å². The summed E-state index contributed by atoms with van der Waals surface area (Å²) in [6.45, 7) is 0.715. The molecular weight excluding hydrogens is 526 g/mol. The number of nitrogens with one attached hydrogen (secondary N) is 2. The fraction of sp³-hybridized carbons (Fsp3) is 0.267. The van der Waals surface area contributed by atoms with Crippen LogP contribution in [0.4, 0.5) is 5.69 Å². The van der Waals surface area contributed by atoms with Gasteiger partial charge in [-0.3, -0.25) is 19.8 Å². The monoisotopic (exact) mass is 557 g/mol. The number of amides is 3. The number of hydrogen-bond donors (Lipinski definition) is 3. The Morgan fingerprint density at radius 3 is 2.44 bits per heavy atom. The van der Waals surface area contributed by atoms with Crippen LogP contribution in [-0.4, -0.2) is 67.1 Å². The summed E-state index contributed by atoms with van der Waals surface area (Å²) in [6, 6.07) is 22.3. The Labute approximate surface area is 237 Å². The van der Waals surface area contributed by atoms with Crippen molar-refractivity contribution in [1.29, 1.82) is 5.41 Å². The molecule has 3 aromatic rings. The molecule has 2 fully saturated rings. The van der Waals surface area contributed by atoms with E-state index in [1.54, 1.807) is 42.5 Å². The number of carbonyl (C=O) groups excluding carboxylic acids is 3. The van der Waals surface area contributed by atoms with Gasteiger partial charge in [-0.25, -0.2) is 0 Å². The molecule has 2 saturated heterocycles. The van der Waals surface area contributed by atoms with Crippen LogP contribution in [0.15, 0.2) is 78.9 Å². The Morgan fingerprint density at radius 2 is 1.76 bits per heavy atom. The van der Waals surface area contributed by atoms with E-state index in [4.69, 9.17) is 25.4 Å². The van der Waals surface area contributed by atoms with E-state index in [1.165, 1.54) is 9.80 Å². The van der Waals surface area contributed by atoms with E-state index in [1.807, 2.05) is 36.4 Å². The lowest BCUT2D eigenvalue weighted by molar-refractivity contribution is -0.152. The van der Waals surface area contributed by atoms with Crippen LogP contribution in [0.1, 0.15) is 17.5 Å². The third-order valence-corrected chi connectivity index (χ3v) is 7.01. The summed E-state index contributed by atoms with van der Waals surface area (Å²) >= 11 is 0. The number of ether oxygens (including phenoxy) is 3. The third-order valence-electron chi connectivity index (χ3n) is 7.01. The van der Waals surface area contributed by atoms with E-state index in [-0.39, 0.29) is 37.8 Å². The number of nitrogens with zero attached hydrogens (tertiary/aromatic N) is 2. The van der Waals surface area contributed by atoms with Crippen LogP contribution in [0.2, 0.25) is 0 Å². The molecule has 41 heavy (non-hydrogen) atoms. The van der Waals surface area contributed by atoms with Crippen LogP contribution < -0.4 is 20.7 Å². The standard InChI is InChI=1S/C30H31N5O6/c31-28(32)22-6-4-5-21(15-22)17-33-29(38)26-16-30(39-13-14-40-30)19-35(26)27(37)18-34(20-36)23-9-11-25(12-10-23)41-24-7-2-1-3-8-24/h1-12,15,20,26H,13-14,16-19H2,(H3,31,32)(H,33,38)/t26-/m0/s1. The van der Waals surface area contributed by atoms with Gasteiger partial charge in [-0.05, 0) is 48.0 Å². The van der Waals surface area contributed by atoms with E-state index in [0.717, 1.165) is 5.56 Å². The number of nitrogens with two attached hydrogens (primary N) is 1. The van der Waals surface area contributed by atoms with Crippen molar-refractivity contribution < 1.29 is 28.6 Å². The second kappa shape index (κ2) is 12.2. The molecule has 3 aromatic carbocycles. The van der Waals surface area contributed by atoms with Gasteiger partial charge >= 0.3 is 0 Å². The second-order valence-corrected chi connectivity index (χ2v) is 9.82. The van der Waals surface area contributed by atoms with Gasteiger partial charge in [-0.2, -0.15) is 0 Å². The summed E-state index contributed by atoms with van der Waals surface area (Å²) in [6.07, 6.45) is 0.751. The highest BCUT2D eigenvalue weighted by atomic mass is 16.7. The van der Waals surface area contributed by atoms with Crippen LogP contribution in [0, 0.1) is 5.41 Å². The molecule has 2 aliphatic heterocycles. The van der Waals surface area contributed by atoms with E-state index in [9.17, 15) is 14.4 Å². The number of likely N-dealkylation sites (tertiary alicyclic amines) is 1. The topological polar surface area (TPSA) is 147 Å². The number of nitrogen functional groups attached to an aromatic ring is 1. The van der Waals surface area contributed by atoms with Crippen molar-refractivity contribution in [2.24, 2.45) is 5.73 Å². The molecule has 0 saturated carbocycles. The van der Waals surface area contributed by atoms with Crippen LogP contribution in [-0.2, 0) is 30.4 Å². The normalized spacial score (nSPS) is 17.3. The lowest BCUT2D eigenvalue weighted by Crippen LogP contribution is -2.49. The van der Waals surface area contributed by atoms with Gasteiger partial charge in [-0.15, -0.1) is 0 Å². The van der Waals surface area contributed by atoms with Crippen molar-refractivity contribution in [3.63, 3.8) is 0 Å². The quantitative estimate of drug-likeness (QED) is 0.197. The molecule has 212 valence electrons. The molecule has 5 rings (SSSR count). The second-order valence-electron chi connectivity index (χ2n) is 9.82. The number of carbonyl (C=O) groups is 3. The fourth-order valence-corrected chi connectivity index (χ4v) is 4.95. The van der Waals surface area contributed by atoms with E-state index in [2.05, 4.69) is 5.32 Å². The molecule has 2 heterocycles. The van der Waals surface area contributed by atoms with E-state index >= 15 is 0 Å². The zero-order chi connectivity index (χ0) is 28.8. The van der Waals surface area contributed by atoms with Crippen molar-refractivity contribution in [2.45, 2.75) is 24.8 Å². The maximum absolute atomic E-state index is 13.5. The molecule has 11 nitrogen and oxygen atoms in total. The number of benzene rings is 3. The first-order valence-corrected chi connectivity index (χ1v) is 13.2. The van der Waals surface area contributed by atoms with Gasteiger partial charge in [-0.1, -0.05) is 36.4 Å². The first-order chi connectivity index (χ1) is 19.9. The number of para-hydroxylation sites is 1. The number of amidine groups is 1. The lowest BCUT2D eigenvalue weighted by Gasteiger charge is -2.26. The van der Waals surface area contributed by atoms with Crippen molar-refractivity contribution in [3.05, 3.63) is 90.0 Å². The molecule has 0 radical (unpaired) electrons. The third kappa shape index (κ3) is 6.53. The van der Waals surface area contributed by atoms with Gasteiger partial charge in [0.1, 0.15) is 29.9 Å². The highest BCUT2D eigenvalue weighted by Gasteiger charge is 2.52. The minimum Gasteiger partial charge on any atom is -0.457 e. The summed E-state index contributed by atoms with van der Waals surface area (Å²) in [4.78, 5) is 41.5. The molecule has 11 heteroatoms. The smallest absolute Gasteiger partial charge is 0.243 e. The molecule has 0 unspecified atom stereocenters. The number of hydrogen-bond acceptors (Lipinski definition) is 7. The predicted molar refractivity (Wildman–Crippen MR) is 150 cm³/mol. The Balaban J connectivity index is 1.26. The zero-order valence-corrected chi connectivity index (χ0v) is 22.3. The summed E-state index contributed by atoms with van der Waals surface area (Å²) in [5.74, 6) is -0.660. The van der Waals surface area contributed by atoms with Gasteiger partial charge in [0, 0.05) is 24.2 Å². The van der Waals surface area contributed by atoms with Gasteiger partial charge in [0.25, 0.3) is 0 Å².